The number of ether oxygens (including phenoxy) is 1. The van der Waals surface area contributed by atoms with Crippen molar-refractivity contribution in [2.45, 2.75) is 12.0 Å². The number of carbonyl (C=O) groups is 2. The summed E-state index contributed by atoms with van der Waals surface area (Å²) in [5.41, 5.74) is 1.03. The predicted molar refractivity (Wildman–Crippen MR) is 113 cm³/mol. The second-order valence-corrected chi connectivity index (χ2v) is 7.51. The van der Waals surface area contributed by atoms with Crippen molar-refractivity contribution in [3.05, 3.63) is 60.6 Å². The first-order valence-corrected chi connectivity index (χ1v) is 9.82. The van der Waals surface area contributed by atoms with Crippen LogP contribution in [0.1, 0.15) is 16.8 Å². The number of aliphatic hydroxyl groups is 1. The molecule has 0 bridgehead atoms. The molecule has 3 heterocycles. The highest BCUT2D eigenvalue weighted by molar-refractivity contribution is 5.94. The summed E-state index contributed by atoms with van der Waals surface area (Å²) in [7, 11) is 0. The molecule has 0 aliphatic carbocycles. The van der Waals surface area contributed by atoms with E-state index in [9.17, 15) is 14.7 Å². The van der Waals surface area contributed by atoms with Gasteiger partial charge in [-0.1, -0.05) is 6.07 Å². The molecule has 31 heavy (non-hydrogen) atoms. The minimum atomic E-state index is -1.10. The largest absolute Gasteiger partial charge is 0.482 e. The van der Waals surface area contributed by atoms with E-state index in [4.69, 9.17) is 9.84 Å². The van der Waals surface area contributed by atoms with Crippen molar-refractivity contribution in [2.24, 2.45) is 0 Å². The van der Waals surface area contributed by atoms with Crippen molar-refractivity contribution in [3.8, 4) is 5.75 Å². The molecule has 4 rings (SSSR count). The number of nitrogens with one attached hydrogen (secondary N) is 1. The normalized spacial score (nSPS) is 18.2. The smallest absolute Gasteiger partial charge is 0.341 e. The molecule has 3 N–H and O–H groups in total. The number of β-amino-alcohol motifs (C(OH)–C–C–N with tert-alkyl or cyclic N) is 1. The number of anilines is 1. The van der Waals surface area contributed by atoms with Gasteiger partial charge in [0.15, 0.2) is 6.61 Å². The van der Waals surface area contributed by atoms with Crippen LogP contribution in [0.15, 0.2) is 55.0 Å². The summed E-state index contributed by atoms with van der Waals surface area (Å²) < 4.78 is 5.11. The van der Waals surface area contributed by atoms with Gasteiger partial charge in [-0.25, -0.2) is 4.79 Å². The highest BCUT2D eigenvalue weighted by Crippen LogP contribution is 2.31. The number of aliphatic carboxylic acids is 1. The number of hydrogen-bond acceptors (Lipinski definition) is 7. The molecule has 160 valence electrons. The average Bonchev–Trinajstić information content (AvgIpc) is 3.18. The van der Waals surface area contributed by atoms with Gasteiger partial charge in [-0.3, -0.25) is 14.8 Å². The molecule has 1 saturated heterocycles. The van der Waals surface area contributed by atoms with Crippen LogP contribution in [0, 0.1) is 0 Å². The zero-order chi connectivity index (χ0) is 21.8. The summed E-state index contributed by atoms with van der Waals surface area (Å²) >= 11 is 0. The Bertz CT molecular complexity index is 1120. The SMILES string of the molecule is O=C(O)COc1cccc(C(=O)NC[C@]2(O)CCN(c3ccnc4ccncc34)C2)c1. The molecule has 1 atom stereocenters. The number of carbonyl (C=O) groups excluding carboxylic acids is 1. The maximum absolute atomic E-state index is 12.5. The number of hydrogen-bond donors (Lipinski definition) is 3. The highest BCUT2D eigenvalue weighted by atomic mass is 16.5. The van der Waals surface area contributed by atoms with Crippen LogP contribution in [-0.2, 0) is 4.79 Å². The molecule has 0 saturated carbocycles. The molecule has 1 aliphatic heterocycles. The predicted octanol–water partition coefficient (Wildman–Crippen LogP) is 1.46. The molecule has 1 aromatic carbocycles. The van der Waals surface area contributed by atoms with Crippen molar-refractivity contribution in [3.63, 3.8) is 0 Å². The van der Waals surface area contributed by atoms with Crippen molar-refractivity contribution in [1.82, 2.24) is 15.3 Å². The molecule has 0 unspecified atom stereocenters. The fourth-order valence-corrected chi connectivity index (χ4v) is 3.68. The highest BCUT2D eigenvalue weighted by Gasteiger charge is 2.37. The van der Waals surface area contributed by atoms with E-state index in [1.807, 2.05) is 12.1 Å². The molecule has 0 spiro atoms. The van der Waals surface area contributed by atoms with Gasteiger partial charge in [-0.15, -0.1) is 0 Å². The van der Waals surface area contributed by atoms with E-state index in [0.29, 0.717) is 30.8 Å². The van der Waals surface area contributed by atoms with Crippen LogP contribution >= 0.6 is 0 Å². The molecule has 1 amide bonds. The Morgan fingerprint density at radius 3 is 2.94 bits per heavy atom. The van der Waals surface area contributed by atoms with E-state index < -0.39 is 18.2 Å². The summed E-state index contributed by atoms with van der Waals surface area (Å²) in [4.78, 5) is 33.8. The van der Waals surface area contributed by atoms with Crippen molar-refractivity contribution >= 4 is 28.5 Å². The lowest BCUT2D eigenvalue weighted by atomic mass is 10.0. The average molecular weight is 422 g/mol. The quantitative estimate of drug-likeness (QED) is 0.523. The topological polar surface area (TPSA) is 125 Å². The van der Waals surface area contributed by atoms with Gasteiger partial charge in [0.1, 0.15) is 11.4 Å². The Balaban J connectivity index is 1.39. The van der Waals surface area contributed by atoms with E-state index in [2.05, 4.69) is 20.2 Å². The molecule has 1 aliphatic rings. The van der Waals surface area contributed by atoms with Crippen LogP contribution in [0.3, 0.4) is 0 Å². The number of amides is 1. The molecule has 9 nitrogen and oxygen atoms in total. The number of carboxylic acids is 1. The van der Waals surface area contributed by atoms with Gasteiger partial charge in [0.25, 0.3) is 5.91 Å². The third kappa shape index (κ3) is 4.72. The molecule has 1 fully saturated rings. The molecule has 3 aromatic rings. The van der Waals surface area contributed by atoms with E-state index in [-0.39, 0.29) is 12.5 Å². The summed E-state index contributed by atoms with van der Waals surface area (Å²) in [5, 5.41) is 23.4. The number of pyridine rings is 2. The summed E-state index contributed by atoms with van der Waals surface area (Å²) in [6, 6.07) is 10.0. The van der Waals surface area contributed by atoms with Gasteiger partial charge < -0.3 is 25.2 Å². The van der Waals surface area contributed by atoms with Crippen molar-refractivity contribution < 1.29 is 24.5 Å². The Kier molecular flexibility index (Phi) is 5.68. The Labute approximate surface area is 178 Å². The van der Waals surface area contributed by atoms with Crippen LogP contribution in [0.2, 0.25) is 0 Å². The first kappa shape index (κ1) is 20.5. The molecular weight excluding hydrogens is 400 g/mol. The molecule has 2 aromatic heterocycles. The second kappa shape index (κ2) is 8.57. The number of carboxylic acid groups (broad SMARTS) is 1. The Morgan fingerprint density at radius 1 is 1.23 bits per heavy atom. The maximum atomic E-state index is 12.5. The fraction of sp³-hybridized carbons (Fsp3) is 0.273. The molecular formula is C22H22N4O5. The second-order valence-electron chi connectivity index (χ2n) is 7.51. The van der Waals surface area contributed by atoms with Gasteiger partial charge in [-0.05, 0) is 36.8 Å². The number of benzene rings is 1. The number of nitrogens with zero attached hydrogens (tertiary/aromatic N) is 3. The van der Waals surface area contributed by atoms with Gasteiger partial charge in [0, 0.05) is 54.9 Å². The maximum Gasteiger partial charge on any atom is 0.341 e. The van der Waals surface area contributed by atoms with Crippen LogP contribution < -0.4 is 15.0 Å². The Morgan fingerprint density at radius 2 is 2.10 bits per heavy atom. The van der Waals surface area contributed by atoms with Crippen LogP contribution in [0.4, 0.5) is 5.69 Å². The lowest BCUT2D eigenvalue weighted by molar-refractivity contribution is -0.139. The lowest BCUT2D eigenvalue weighted by Crippen LogP contribution is -2.45. The monoisotopic (exact) mass is 422 g/mol. The van der Waals surface area contributed by atoms with Crippen molar-refractivity contribution in [2.75, 3.05) is 31.1 Å². The van der Waals surface area contributed by atoms with E-state index >= 15 is 0 Å². The van der Waals surface area contributed by atoms with E-state index in [1.54, 1.807) is 36.8 Å². The van der Waals surface area contributed by atoms with Gasteiger partial charge >= 0.3 is 5.97 Å². The fourth-order valence-electron chi connectivity index (χ4n) is 3.68. The zero-order valence-corrected chi connectivity index (χ0v) is 16.7. The Hall–Kier alpha value is -3.72. The van der Waals surface area contributed by atoms with E-state index in [1.165, 1.54) is 6.07 Å². The molecule has 9 heteroatoms. The minimum absolute atomic E-state index is 0.0871. The first-order chi connectivity index (χ1) is 14.9. The van der Waals surface area contributed by atoms with Crippen LogP contribution in [0.25, 0.3) is 10.9 Å². The standard InChI is InChI=1S/C22H22N4O5/c27-20(28)12-31-16-3-1-2-15(10-16)21(29)25-13-22(30)6-9-26(14-22)19-5-8-24-18-4-7-23-11-17(18)19/h1-5,7-8,10-11,30H,6,9,12-14H2,(H,25,29)(H,27,28)/t22-/m1/s1. The van der Waals surface area contributed by atoms with Gasteiger partial charge in [-0.2, -0.15) is 0 Å². The minimum Gasteiger partial charge on any atom is -0.482 e. The van der Waals surface area contributed by atoms with Gasteiger partial charge in [0.2, 0.25) is 0 Å². The number of fused-ring (bicyclic) bond motifs is 1. The van der Waals surface area contributed by atoms with E-state index in [0.717, 1.165) is 16.6 Å². The third-order valence-electron chi connectivity index (χ3n) is 5.23. The van der Waals surface area contributed by atoms with Crippen molar-refractivity contribution in [1.29, 1.82) is 0 Å². The number of rotatable bonds is 7. The van der Waals surface area contributed by atoms with Gasteiger partial charge in [0.05, 0.1) is 5.52 Å². The first-order valence-electron chi connectivity index (χ1n) is 9.82. The molecule has 0 radical (unpaired) electrons. The third-order valence-corrected chi connectivity index (χ3v) is 5.23. The zero-order valence-electron chi connectivity index (χ0n) is 16.7. The lowest BCUT2D eigenvalue weighted by Gasteiger charge is -2.25. The summed E-state index contributed by atoms with van der Waals surface area (Å²) in [6.45, 7) is 0.603. The summed E-state index contributed by atoms with van der Waals surface area (Å²) in [5.74, 6) is -1.18. The van der Waals surface area contributed by atoms with Crippen LogP contribution in [-0.4, -0.2) is 63.9 Å². The summed E-state index contributed by atoms with van der Waals surface area (Å²) in [6.07, 6.45) is 5.68. The van der Waals surface area contributed by atoms with Crippen LogP contribution in [0.5, 0.6) is 5.75 Å². The number of aromatic nitrogens is 2.